The molecule has 5 rings (SSSR count). The molecule has 2 aromatic rings. The van der Waals surface area contributed by atoms with Gasteiger partial charge >= 0.3 is 5.97 Å². The summed E-state index contributed by atoms with van der Waals surface area (Å²) in [5, 5.41) is 21.1. The van der Waals surface area contributed by atoms with E-state index in [0.29, 0.717) is 37.0 Å². The maximum atomic E-state index is 11.6. The van der Waals surface area contributed by atoms with Crippen LogP contribution >= 0.6 is 0 Å². The van der Waals surface area contributed by atoms with Gasteiger partial charge in [-0.15, -0.1) is 0 Å². The Morgan fingerprint density at radius 1 is 1.12 bits per heavy atom. The van der Waals surface area contributed by atoms with Gasteiger partial charge in [-0.2, -0.15) is 0 Å². The molecule has 2 N–H and O–H groups in total. The van der Waals surface area contributed by atoms with Crippen LogP contribution in [-0.4, -0.2) is 48.2 Å². The predicted octanol–water partition coefficient (Wildman–Crippen LogP) is 4.40. The third-order valence-corrected chi connectivity index (χ3v) is 8.13. The Labute approximate surface area is 195 Å². The molecule has 5 heteroatoms. The molecule has 3 atom stereocenters. The van der Waals surface area contributed by atoms with E-state index >= 15 is 0 Å². The zero-order valence-electron chi connectivity index (χ0n) is 19.2. The highest BCUT2D eigenvalue weighted by atomic mass is 16.5. The van der Waals surface area contributed by atoms with Crippen LogP contribution < -0.4 is 0 Å². The first-order valence-electron chi connectivity index (χ1n) is 12.3. The minimum atomic E-state index is -0.872. The van der Waals surface area contributed by atoms with E-state index in [1.165, 1.54) is 16.7 Å². The summed E-state index contributed by atoms with van der Waals surface area (Å²) < 4.78 is 11.2. The number of aliphatic hydroxyl groups is 1. The number of fused-ring (bicyclic) bond motifs is 3. The highest BCUT2D eigenvalue weighted by Gasteiger charge is 2.50. The molecule has 2 fully saturated rings. The molecule has 0 aromatic heterocycles. The number of aromatic carboxylic acids is 1. The lowest BCUT2D eigenvalue weighted by molar-refractivity contribution is -0.125. The predicted molar refractivity (Wildman–Crippen MR) is 126 cm³/mol. The molecule has 1 saturated heterocycles. The van der Waals surface area contributed by atoms with E-state index in [1.807, 2.05) is 12.1 Å². The highest BCUT2D eigenvalue weighted by Crippen LogP contribution is 2.53. The Balaban J connectivity index is 1.45. The maximum absolute atomic E-state index is 11.6. The molecule has 0 radical (unpaired) electrons. The second-order valence-corrected chi connectivity index (χ2v) is 10.4. The van der Waals surface area contributed by atoms with Gasteiger partial charge in [-0.25, -0.2) is 4.79 Å². The van der Waals surface area contributed by atoms with Crippen LogP contribution in [0.2, 0.25) is 0 Å². The monoisotopic (exact) mass is 450 g/mol. The van der Waals surface area contributed by atoms with Crippen molar-refractivity contribution in [3.63, 3.8) is 0 Å². The summed E-state index contributed by atoms with van der Waals surface area (Å²) in [5.41, 5.74) is 3.21. The van der Waals surface area contributed by atoms with Crippen LogP contribution in [0.15, 0.2) is 48.5 Å². The zero-order chi connectivity index (χ0) is 22.9. The molecule has 0 amide bonds. The number of hydrogen-bond donors (Lipinski definition) is 2. The van der Waals surface area contributed by atoms with Gasteiger partial charge in [-0.1, -0.05) is 36.4 Å². The molecular formula is C28H34O5. The minimum absolute atomic E-state index is 0.0989. The lowest BCUT2D eigenvalue weighted by Gasteiger charge is -2.50. The van der Waals surface area contributed by atoms with Crippen molar-refractivity contribution in [2.75, 3.05) is 26.4 Å². The van der Waals surface area contributed by atoms with Gasteiger partial charge in [0.25, 0.3) is 0 Å². The fourth-order valence-corrected chi connectivity index (χ4v) is 6.32. The van der Waals surface area contributed by atoms with Crippen molar-refractivity contribution in [3.05, 3.63) is 70.8 Å². The number of rotatable bonds is 7. The van der Waals surface area contributed by atoms with Gasteiger partial charge in [0.2, 0.25) is 0 Å². The number of carbonyl (C=O) groups is 1. The molecule has 2 aliphatic carbocycles. The number of hydrogen-bond acceptors (Lipinski definition) is 4. The number of aryl methyl sites for hydroxylation is 1. The van der Waals surface area contributed by atoms with Gasteiger partial charge in [0.1, 0.15) is 0 Å². The van der Waals surface area contributed by atoms with Crippen LogP contribution in [-0.2, 0) is 27.7 Å². The molecule has 33 heavy (non-hydrogen) atoms. The first kappa shape index (κ1) is 22.6. The second kappa shape index (κ2) is 9.21. The van der Waals surface area contributed by atoms with Gasteiger partial charge in [0.05, 0.1) is 37.6 Å². The number of carboxylic acids is 1. The summed E-state index contributed by atoms with van der Waals surface area (Å²) in [7, 11) is 0. The number of benzene rings is 2. The molecule has 0 bridgehead atoms. The standard InChI is InChI=1S/C28H34O5/c29-26(30)23-9-10-25-22(13-23)7-4-8-24-15-27(31,19-33-18-21-16-32-17-21)11-12-28(24,25)14-20-5-2-1-3-6-20/h1-3,5-6,9-10,13,21,24,31H,4,7-8,11-12,14-19H2,(H,29,30)/t24-,27+,28-/m0/s1. The molecule has 0 unspecified atom stereocenters. The van der Waals surface area contributed by atoms with E-state index < -0.39 is 11.6 Å². The maximum Gasteiger partial charge on any atom is 0.335 e. The third-order valence-electron chi connectivity index (χ3n) is 8.13. The van der Waals surface area contributed by atoms with Gasteiger partial charge in [0, 0.05) is 11.3 Å². The second-order valence-electron chi connectivity index (χ2n) is 10.4. The Kier molecular flexibility index (Phi) is 6.30. The van der Waals surface area contributed by atoms with Crippen molar-refractivity contribution in [1.29, 1.82) is 0 Å². The van der Waals surface area contributed by atoms with Crippen molar-refractivity contribution in [1.82, 2.24) is 0 Å². The molecule has 1 aliphatic heterocycles. The van der Waals surface area contributed by atoms with Crippen LogP contribution in [0, 0.1) is 11.8 Å². The summed E-state index contributed by atoms with van der Waals surface area (Å²) in [6, 6.07) is 16.3. The zero-order valence-corrected chi connectivity index (χ0v) is 19.2. The topological polar surface area (TPSA) is 76.0 Å². The minimum Gasteiger partial charge on any atom is -0.478 e. The summed E-state index contributed by atoms with van der Waals surface area (Å²) in [5.74, 6) is -0.0886. The van der Waals surface area contributed by atoms with E-state index in [9.17, 15) is 15.0 Å². The average molecular weight is 451 g/mol. The molecule has 2 aromatic carbocycles. The largest absolute Gasteiger partial charge is 0.478 e. The Bertz CT molecular complexity index is 985. The smallest absolute Gasteiger partial charge is 0.335 e. The van der Waals surface area contributed by atoms with Crippen molar-refractivity contribution in [3.8, 4) is 0 Å². The number of carboxylic acid groups (broad SMARTS) is 1. The van der Waals surface area contributed by atoms with Gasteiger partial charge < -0.3 is 19.7 Å². The first-order valence-corrected chi connectivity index (χ1v) is 12.3. The summed E-state index contributed by atoms with van der Waals surface area (Å²) in [6.45, 7) is 2.56. The van der Waals surface area contributed by atoms with Crippen molar-refractivity contribution < 1.29 is 24.5 Å². The summed E-state index contributed by atoms with van der Waals surface area (Å²) in [4.78, 5) is 11.6. The van der Waals surface area contributed by atoms with E-state index in [4.69, 9.17) is 9.47 Å². The molecule has 176 valence electrons. The van der Waals surface area contributed by atoms with Crippen LogP contribution in [0.1, 0.15) is 59.2 Å². The van der Waals surface area contributed by atoms with E-state index in [-0.39, 0.29) is 5.41 Å². The molecular weight excluding hydrogens is 416 g/mol. The Morgan fingerprint density at radius 2 is 1.94 bits per heavy atom. The third kappa shape index (κ3) is 4.59. The van der Waals surface area contributed by atoms with Crippen LogP contribution in [0.3, 0.4) is 0 Å². The fraction of sp³-hybridized carbons (Fsp3) is 0.536. The lowest BCUT2D eigenvalue weighted by atomic mass is 9.56. The highest BCUT2D eigenvalue weighted by molar-refractivity contribution is 5.88. The molecule has 0 spiro atoms. The van der Waals surface area contributed by atoms with Crippen LogP contribution in [0.5, 0.6) is 0 Å². The van der Waals surface area contributed by atoms with Crippen molar-refractivity contribution in [2.45, 2.75) is 56.0 Å². The van der Waals surface area contributed by atoms with E-state index in [2.05, 4.69) is 30.3 Å². The molecule has 3 aliphatic rings. The normalized spacial score (nSPS) is 29.4. The molecule has 5 nitrogen and oxygen atoms in total. The van der Waals surface area contributed by atoms with Gasteiger partial charge in [0.15, 0.2) is 0 Å². The molecule has 1 heterocycles. The van der Waals surface area contributed by atoms with Crippen molar-refractivity contribution in [2.24, 2.45) is 11.8 Å². The quantitative estimate of drug-likeness (QED) is 0.654. The van der Waals surface area contributed by atoms with E-state index in [0.717, 1.165) is 51.7 Å². The van der Waals surface area contributed by atoms with Crippen LogP contribution in [0.4, 0.5) is 0 Å². The Morgan fingerprint density at radius 3 is 2.67 bits per heavy atom. The molecule has 1 saturated carbocycles. The van der Waals surface area contributed by atoms with E-state index in [1.54, 1.807) is 6.07 Å². The van der Waals surface area contributed by atoms with Gasteiger partial charge in [-0.3, -0.25) is 0 Å². The fourth-order valence-electron chi connectivity index (χ4n) is 6.32. The Hall–Kier alpha value is -2.21. The first-order chi connectivity index (χ1) is 16.0. The average Bonchev–Trinajstić information content (AvgIpc) is 2.92. The van der Waals surface area contributed by atoms with Gasteiger partial charge in [-0.05, 0) is 79.7 Å². The summed E-state index contributed by atoms with van der Waals surface area (Å²) >= 11 is 0. The summed E-state index contributed by atoms with van der Waals surface area (Å²) in [6.07, 6.45) is 6.13. The lowest BCUT2D eigenvalue weighted by Crippen LogP contribution is -2.51. The van der Waals surface area contributed by atoms with Crippen LogP contribution in [0.25, 0.3) is 0 Å². The van der Waals surface area contributed by atoms with Crippen molar-refractivity contribution >= 4 is 5.97 Å². The number of ether oxygens (including phenoxy) is 2. The SMILES string of the molecule is O=C(O)c1ccc2c(c1)CCC[C@H]1C[C@@](O)(COCC3COC3)CC[C@@]21Cc1ccccc1.